The topological polar surface area (TPSA) is 67.9 Å². The molecule has 25 heavy (non-hydrogen) atoms. The zero-order valence-corrected chi connectivity index (χ0v) is 14.5. The highest BCUT2D eigenvalue weighted by Gasteiger charge is 2.20. The number of hydrogen-bond donors (Lipinski definition) is 1. The van der Waals surface area contributed by atoms with E-state index in [1.807, 2.05) is 23.1 Å². The van der Waals surface area contributed by atoms with Gasteiger partial charge in [0.25, 0.3) is 5.91 Å². The van der Waals surface area contributed by atoms with Crippen molar-refractivity contribution < 1.29 is 19.1 Å². The number of benzene rings is 1. The molecule has 0 aromatic heterocycles. The number of para-hydroxylation sites is 1. The van der Waals surface area contributed by atoms with Gasteiger partial charge in [0.05, 0.1) is 11.7 Å². The van der Waals surface area contributed by atoms with E-state index in [4.69, 9.17) is 9.47 Å². The molecule has 2 fully saturated rings. The van der Waals surface area contributed by atoms with Gasteiger partial charge in [-0.2, -0.15) is 0 Å². The lowest BCUT2D eigenvalue weighted by Crippen LogP contribution is -2.31. The maximum absolute atomic E-state index is 12.4. The first kappa shape index (κ1) is 17.7. The lowest BCUT2D eigenvalue weighted by Gasteiger charge is -2.16. The van der Waals surface area contributed by atoms with Gasteiger partial charge in [-0.1, -0.05) is 12.1 Å². The lowest BCUT2D eigenvalue weighted by atomic mass is 10.2. The zero-order valence-electron chi connectivity index (χ0n) is 14.5. The molecular formula is C19H26N2O4. The Morgan fingerprint density at radius 2 is 2.20 bits per heavy atom. The van der Waals surface area contributed by atoms with Crippen LogP contribution in [0.3, 0.4) is 0 Å². The van der Waals surface area contributed by atoms with Crippen LogP contribution in [-0.4, -0.2) is 55.7 Å². The van der Waals surface area contributed by atoms with Gasteiger partial charge >= 0.3 is 0 Å². The minimum atomic E-state index is -0.143. The highest BCUT2D eigenvalue weighted by atomic mass is 16.5. The summed E-state index contributed by atoms with van der Waals surface area (Å²) in [5.41, 5.74) is 0.540. The number of ether oxygens (including phenoxy) is 2. The van der Waals surface area contributed by atoms with Gasteiger partial charge in [-0.05, 0) is 37.8 Å². The van der Waals surface area contributed by atoms with Crippen molar-refractivity contribution in [3.05, 3.63) is 29.8 Å². The van der Waals surface area contributed by atoms with E-state index in [1.165, 1.54) is 0 Å². The molecule has 6 heteroatoms. The predicted molar refractivity (Wildman–Crippen MR) is 93.7 cm³/mol. The molecular weight excluding hydrogens is 320 g/mol. The second kappa shape index (κ2) is 8.85. The third-order valence-corrected chi connectivity index (χ3v) is 4.64. The monoisotopic (exact) mass is 346 g/mol. The van der Waals surface area contributed by atoms with E-state index >= 15 is 0 Å². The van der Waals surface area contributed by atoms with Crippen LogP contribution >= 0.6 is 0 Å². The van der Waals surface area contributed by atoms with Gasteiger partial charge in [0, 0.05) is 32.7 Å². The highest BCUT2D eigenvalue weighted by molar-refractivity contribution is 5.96. The van der Waals surface area contributed by atoms with Gasteiger partial charge in [0.1, 0.15) is 12.4 Å². The molecule has 1 aromatic rings. The molecule has 136 valence electrons. The Morgan fingerprint density at radius 3 is 2.96 bits per heavy atom. The number of carbonyl (C=O) groups is 2. The normalized spacial score (nSPS) is 20.1. The average molecular weight is 346 g/mol. The van der Waals surface area contributed by atoms with Gasteiger partial charge in [0.2, 0.25) is 5.91 Å². The number of hydrogen-bond acceptors (Lipinski definition) is 4. The highest BCUT2D eigenvalue weighted by Crippen LogP contribution is 2.20. The van der Waals surface area contributed by atoms with Crippen LogP contribution in [0.5, 0.6) is 5.75 Å². The number of nitrogens with one attached hydrogen (secondary N) is 1. The van der Waals surface area contributed by atoms with E-state index in [9.17, 15) is 9.59 Å². The van der Waals surface area contributed by atoms with Crippen molar-refractivity contribution in [3.63, 3.8) is 0 Å². The van der Waals surface area contributed by atoms with Crippen molar-refractivity contribution in [2.75, 3.05) is 32.8 Å². The Bertz CT molecular complexity index is 599. The zero-order chi connectivity index (χ0) is 17.5. The van der Waals surface area contributed by atoms with Crippen molar-refractivity contribution in [2.45, 2.75) is 38.2 Å². The Morgan fingerprint density at radius 1 is 1.32 bits per heavy atom. The molecule has 2 heterocycles. The van der Waals surface area contributed by atoms with Crippen molar-refractivity contribution >= 4 is 11.8 Å². The summed E-state index contributed by atoms with van der Waals surface area (Å²) < 4.78 is 11.4. The molecule has 1 unspecified atom stereocenters. The summed E-state index contributed by atoms with van der Waals surface area (Å²) in [5.74, 6) is 0.667. The molecule has 2 saturated heterocycles. The summed E-state index contributed by atoms with van der Waals surface area (Å²) in [6.07, 6.45) is 4.55. The molecule has 1 aromatic carbocycles. The van der Waals surface area contributed by atoms with Crippen molar-refractivity contribution in [2.24, 2.45) is 0 Å². The van der Waals surface area contributed by atoms with Gasteiger partial charge in [-0.15, -0.1) is 0 Å². The smallest absolute Gasteiger partial charge is 0.255 e. The van der Waals surface area contributed by atoms with Crippen LogP contribution < -0.4 is 10.1 Å². The first-order valence-corrected chi connectivity index (χ1v) is 9.13. The molecule has 6 nitrogen and oxygen atoms in total. The molecule has 0 aliphatic carbocycles. The summed E-state index contributed by atoms with van der Waals surface area (Å²) in [6, 6.07) is 7.27. The molecule has 2 aliphatic heterocycles. The molecule has 0 radical (unpaired) electrons. The van der Waals surface area contributed by atoms with E-state index in [-0.39, 0.29) is 17.9 Å². The second-order valence-corrected chi connectivity index (χ2v) is 6.54. The minimum absolute atomic E-state index is 0.120. The third kappa shape index (κ3) is 4.95. The Balaban J connectivity index is 1.45. The van der Waals surface area contributed by atoms with E-state index in [1.54, 1.807) is 6.07 Å². The minimum Gasteiger partial charge on any atom is -0.490 e. The summed E-state index contributed by atoms with van der Waals surface area (Å²) in [4.78, 5) is 25.8. The van der Waals surface area contributed by atoms with Crippen LogP contribution in [0.4, 0.5) is 0 Å². The lowest BCUT2D eigenvalue weighted by molar-refractivity contribution is -0.127. The van der Waals surface area contributed by atoms with Crippen molar-refractivity contribution in [1.29, 1.82) is 0 Å². The first-order valence-electron chi connectivity index (χ1n) is 9.13. The number of rotatable bonds is 8. The molecule has 1 atom stereocenters. The van der Waals surface area contributed by atoms with E-state index in [0.717, 1.165) is 38.8 Å². The van der Waals surface area contributed by atoms with Gasteiger partial charge < -0.3 is 19.7 Å². The summed E-state index contributed by atoms with van der Waals surface area (Å²) >= 11 is 0. The van der Waals surface area contributed by atoms with Crippen molar-refractivity contribution in [3.8, 4) is 5.75 Å². The largest absolute Gasteiger partial charge is 0.490 e. The van der Waals surface area contributed by atoms with Gasteiger partial charge in [-0.25, -0.2) is 0 Å². The average Bonchev–Trinajstić information content (AvgIpc) is 3.29. The van der Waals surface area contributed by atoms with Crippen LogP contribution in [0.1, 0.15) is 42.5 Å². The summed E-state index contributed by atoms with van der Waals surface area (Å²) in [5, 5.41) is 2.92. The standard InChI is InChI=1S/C19H26N2O4/c22-18-9-3-11-21(18)12-5-10-20-19(23)16-7-1-2-8-17(16)25-14-15-6-4-13-24-15/h1-2,7-8,15H,3-6,9-14H2,(H,20,23). The SMILES string of the molecule is O=C(NCCCN1CCCC1=O)c1ccccc1OCC1CCCO1. The van der Waals surface area contributed by atoms with Gasteiger partial charge in [0.15, 0.2) is 0 Å². The molecule has 3 rings (SSSR count). The quantitative estimate of drug-likeness (QED) is 0.731. The van der Waals surface area contributed by atoms with Gasteiger partial charge in [-0.3, -0.25) is 9.59 Å². The maximum atomic E-state index is 12.4. The third-order valence-electron chi connectivity index (χ3n) is 4.64. The number of likely N-dealkylation sites (tertiary alicyclic amines) is 1. The molecule has 2 aliphatic rings. The number of carbonyl (C=O) groups excluding carboxylic acids is 2. The Kier molecular flexibility index (Phi) is 6.28. The number of nitrogens with zero attached hydrogens (tertiary/aromatic N) is 1. The summed E-state index contributed by atoms with van der Waals surface area (Å²) in [7, 11) is 0. The Labute approximate surface area is 148 Å². The van der Waals surface area contributed by atoms with Crippen LogP contribution in [0.25, 0.3) is 0 Å². The van der Waals surface area contributed by atoms with Crippen LogP contribution in [-0.2, 0) is 9.53 Å². The van der Waals surface area contributed by atoms with E-state index in [0.29, 0.717) is 37.4 Å². The van der Waals surface area contributed by atoms with E-state index < -0.39 is 0 Å². The fourth-order valence-electron chi connectivity index (χ4n) is 3.25. The van der Waals surface area contributed by atoms with E-state index in [2.05, 4.69) is 5.32 Å². The van der Waals surface area contributed by atoms with Crippen LogP contribution in [0, 0.1) is 0 Å². The van der Waals surface area contributed by atoms with Crippen LogP contribution in [0.2, 0.25) is 0 Å². The summed E-state index contributed by atoms with van der Waals surface area (Å²) in [6.45, 7) is 3.35. The molecule has 2 amide bonds. The fraction of sp³-hybridized carbons (Fsp3) is 0.579. The molecule has 0 spiro atoms. The maximum Gasteiger partial charge on any atom is 0.255 e. The Hall–Kier alpha value is -2.08. The molecule has 0 saturated carbocycles. The molecule has 0 bridgehead atoms. The van der Waals surface area contributed by atoms with Crippen LogP contribution in [0.15, 0.2) is 24.3 Å². The predicted octanol–water partition coefficient (Wildman–Crippen LogP) is 1.99. The first-order chi connectivity index (χ1) is 12.2. The molecule has 1 N–H and O–H groups in total. The second-order valence-electron chi connectivity index (χ2n) is 6.54. The fourth-order valence-corrected chi connectivity index (χ4v) is 3.25. The van der Waals surface area contributed by atoms with Crippen molar-refractivity contribution in [1.82, 2.24) is 10.2 Å². The number of amides is 2.